The van der Waals surface area contributed by atoms with Gasteiger partial charge in [0.15, 0.2) is 5.11 Å². The van der Waals surface area contributed by atoms with Crippen molar-refractivity contribution in [1.82, 2.24) is 10.6 Å². The van der Waals surface area contributed by atoms with E-state index < -0.39 is 5.91 Å². The van der Waals surface area contributed by atoms with Gasteiger partial charge in [0.25, 0.3) is 11.8 Å². The number of hydrogen-bond donors (Lipinski definition) is 4. The van der Waals surface area contributed by atoms with Gasteiger partial charge in [-0.05, 0) is 36.8 Å². The normalized spacial score (nSPS) is 10.6. The van der Waals surface area contributed by atoms with Crippen molar-refractivity contribution in [1.29, 1.82) is 0 Å². The first kappa shape index (κ1) is 21.2. The molecule has 1 aromatic heterocycles. The number of nitrogens with one attached hydrogen (secondary N) is 3. The highest BCUT2D eigenvalue weighted by Gasteiger charge is 2.18. The van der Waals surface area contributed by atoms with Crippen LogP contribution in [-0.2, 0) is 0 Å². The summed E-state index contributed by atoms with van der Waals surface area (Å²) in [5.74, 6) is -0.721. The molecule has 0 aliphatic carbocycles. The van der Waals surface area contributed by atoms with Gasteiger partial charge in [-0.1, -0.05) is 41.9 Å². The average Bonchev–Trinajstić information content (AvgIpc) is 3.05. The number of thiophene rings is 1. The van der Waals surface area contributed by atoms with Crippen LogP contribution < -0.4 is 16.0 Å². The van der Waals surface area contributed by atoms with E-state index in [1.54, 1.807) is 24.3 Å². The first-order chi connectivity index (χ1) is 14.0. The summed E-state index contributed by atoms with van der Waals surface area (Å²) in [5, 5.41) is 18.3. The van der Waals surface area contributed by atoms with Crippen molar-refractivity contribution in [2.75, 3.05) is 18.5 Å². The van der Waals surface area contributed by atoms with Crippen molar-refractivity contribution in [2.45, 2.75) is 6.42 Å². The van der Waals surface area contributed by atoms with Gasteiger partial charge in [0.1, 0.15) is 4.88 Å². The lowest BCUT2D eigenvalue weighted by Gasteiger charge is -2.13. The number of carbonyl (C=O) groups excluding carboxylic acids is 2. The molecule has 29 heavy (non-hydrogen) atoms. The van der Waals surface area contributed by atoms with E-state index in [2.05, 4.69) is 16.0 Å². The van der Waals surface area contributed by atoms with Crippen molar-refractivity contribution in [3.8, 4) is 0 Å². The predicted molar refractivity (Wildman–Crippen MR) is 121 cm³/mol. The minimum atomic E-state index is -0.418. The van der Waals surface area contributed by atoms with Gasteiger partial charge >= 0.3 is 0 Å². The van der Waals surface area contributed by atoms with Crippen LogP contribution in [0.5, 0.6) is 0 Å². The van der Waals surface area contributed by atoms with Crippen molar-refractivity contribution in [3.05, 3.63) is 64.0 Å². The van der Waals surface area contributed by atoms with Crippen LogP contribution >= 0.6 is 35.2 Å². The van der Waals surface area contributed by atoms with E-state index in [9.17, 15) is 9.59 Å². The average molecular weight is 448 g/mol. The summed E-state index contributed by atoms with van der Waals surface area (Å²) in [6.07, 6.45) is 0.464. The fourth-order valence-corrected chi connectivity index (χ4v) is 4.25. The Morgan fingerprint density at radius 3 is 2.55 bits per heavy atom. The van der Waals surface area contributed by atoms with E-state index in [1.807, 2.05) is 24.3 Å². The Morgan fingerprint density at radius 1 is 1.07 bits per heavy atom. The molecule has 0 atom stereocenters. The number of halogens is 1. The van der Waals surface area contributed by atoms with Gasteiger partial charge in [-0.3, -0.25) is 14.9 Å². The number of fused-ring (bicyclic) bond motifs is 1. The number of anilines is 1. The quantitative estimate of drug-likeness (QED) is 0.341. The molecule has 6 nitrogen and oxygen atoms in total. The van der Waals surface area contributed by atoms with E-state index in [-0.39, 0.29) is 17.6 Å². The van der Waals surface area contributed by atoms with E-state index in [1.165, 1.54) is 11.3 Å². The van der Waals surface area contributed by atoms with Crippen LogP contribution in [-0.4, -0.2) is 35.2 Å². The van der Waals surface area contributed by atoms with Crippen LogP contribution in [0.1, 0.15) is 26.5 Å². The van der Waals surface area contributed by atoms with Crippen molar-refractivity contribution >= 4 is 67.9 Å². The Bertz CT molecular complexity index is 1070. The van der Waals surface area contributed by atoms with E-state index >= 15 is 0 Å². The molecule has 0 spiro atoms. The predicted octanol–water partition coefficient (Wildman–Crippen LogP) is 3.79. The summed E-state index contributed by atoms with van der Waals surface area (Å²) in [6.45, 7) is 0.353. The Labute approximate surface area is 181 Å². The van der Waals surface area contributed by atoms with Crippen LogP contribution in [0, 0.1) is 0 Å². The third-order valence-corrected chi connectivity index (χ3v) is 5.89. The summed E-state index contributed by atoms with van der Waals surface area (Å²) in [5.41, 5.74) is 0.837. The molecule has 0 unspecified atom stereocenters. The minimum Gasteiger partial charge on any atom is -0.396 e. The zero-order valence-electron chi connectivity index (χ0n) is 15.2. The van der Waals surface area contributed by atoms with Crippen molar-refractivity contribution in [3.63, 3.8) is 0 Å². The van der Waals surface area contributed by atoms with Crippen LogP contribution in [0.3, 0.4) is 0 Å². The summed E-state index contributed by atoms with van der Waals surface area (Å²) < 4.78 is 0.909. The lowest BCUT2D eigenvalue weighted by atomic mass is 10.1. The van der Waals surface area contributed by atoms with Gasteiger partial charge in [-0.15, -0.1) is 11.3 Å². The molecular weight excluding hydrogens is 430 g/mol. The second kappa shape index (κ2) is 9.80. The first-order valence-electron chi connectivity index (χ1n) is 8.78. The third kappa shape index (κ3) is 5.10. The van der Waals surface area contributed by atoms with E-state index in [4.69, 9.17) is 28.9 Å². The molecule has 0 bridgehead atoms. The highest BCUT2D eigenvalue weighted by atomic mass is 35.5. The van der Waals surface area contributed by atoms with E-state index in [0.29, 0.717) is 34.1 Å². The molecular formula is C20H18ClN3O3S2. The number of para-hydroxylation sites is 1. The molecule has 0 fully saturated rings. The molecule has 0 aliphatic rings. The van der Waals surface area contributed by atoms with E-state index in [0.717, 1.165) is 10.1 Å². The monoisotopic (exact) mass is 447 g/mol. The fraction of sp³-hybridized carbons (Fsp3) is 0.150. The first-order valence-corrected chi connectivity index (χ1v) is 10.4. The van der Waals surface area contributed by atoms with Crippen LogP contribution in [0.2, 0.25) is 5.02 Å². The number of amides is 2. The van der Waals surface area contributed by atoms with Gasteiger partial charge in [0, 0.05) is 23.2 Å². The maximum absolute atomic E-state index is 12.6. The molecule has 3 aromatic rings. The van der Waals surface area contributed by atoms with Crippen LogP contribution in [0.4, 0.5) is 5.69 Å². The molecule has 9 heteroatoms. The molecule has 1 heterocycles. The number of aliphatic hydroxyl groups is 1. The van der Waals surface area contributed by atoms with Crippen LogP contribution in [0.15, 0.2) is 48.5 Å². The molecule has 2 aromatic carbocycles. The highest BCUT2D eigenvalue weighted by molar-refractivity contribution is 7.80. The number of hydrogen-bond acceptors (Lipinski definition) is 5. The van der Waals surface area contributed by atoms with Crippen molar-refractivity contribution in [2.24, 2.45) is 0 Å². The Balaban J connectivity index is 1.70. The smallest absolute Gasteiger partial charge is 0.269 e. The summed E-state index contributed by atoms with van der Waals surface area (Å²) in [4.78, 5) is 25.3. The largest absolute Gasteiger partial charge is 0.396 e. The second-order valence-corrected chi connectivity index (χ2v) is 7.87. The van der Waals surface area contributed by atoms with Crippen LogP contribution in [0.25, 0.3) is 10.1 Å². The Kier molecular flexibility index (Phi) is 7.16. The number of carbonyl (C=O) groups is 2. The Morgan fingerprint density at radius 2 is 1.79 bits per heavy atom. The highest BCUT2D eigenvalue weighted by Crippen LogP contribution is 2.35. The maximum Gasteiger partial charge on any atom is 0.269 e. The fourth-order valence-electron chi connectivity index (χ4n) is 2.64. The zero-order chi connectivity index (χ0) is 20.8. The van der Waals surface area contributed by atoms with Gasteiger partial charge in [-0.25, -0.2) is 0 Å². The lowest BCUT2D eigenvalue weighted by molar-refractivity contribution is 0.0950. The molecule has 4 N–H and O–H groups in total. The molecule has 0 saturated heterocycles. The lowest BCUT2D eigenvalue weighted by Crippen LogP contribution is -2.34. The molecule has 3 rings (SSSR count). The Hall–Kier alpha value is -2.52. The van der Waals surface area contributed by atoms with Gasteiger partial charge in [0.2, 0.25) is 0 Å². The SMILES string of the molecule is O=C(NCCCO)c1ccccc1NC(=S)NC(=O)c1sc2ccccc2c1Cl. The number of aliphatic hydroxyl groups excluding tert-OH is 1. The third-order valence-electron chi connectivity index (χ3n) is 4.01. The molecule has 2 amide bonds. The molecule has 0 saturated carbocycles. The minimum absolute atomic E-state index is 0.00339. The summed E-state index contributed by atoms with van der Waals surface area (Å²) >= 11 is 12.9. The van der Waals surface area contributed by atoms with Gasteiger partial charge in [-0.2, -0.15) is 0 Å². The number of thiocarbonyl (C=S) groups is 1. The van der Waals surface area contributed by atoms with Gasteiger partial charge in [0.05, 0.1) is 16.3 Å². The molecule has 0 aliphatic heterocycles. The second-order valence-electron chi connectivity index (χ2n) is 6.03. The number of benzene rings is 2. The summed E-state index contributed by atoms with van der Waals surface area (Å²) in [6, 6.07) is 14.3. The standard InChI is InChI=1S/C20H18ClN3O3S2/c21-16-13-7-2-4-9-15(13)29-17(16)19(27)24-20(28)23-14-8-3-1-6-12(14)18(26)22-10-5-11-25/h1-4,6-9,25H,5,10-11H2,(H,22,26)(H2,23,24,27,28). The van der Waals surface area contributed by atoms with Gasteiger partial charge < -0.3 is 15.7 Å². The molecule has 0 radical (unpaired) electrons. The maximum atomic E-state index is 12.6. The zero-order valence-corrected chi connectivity index (χ0v) is 17.6. The topological polar surface area (TPSA) is 90.5 Å². The molecule has 150 valence electrons. The number of rotatable bonds is 6. The van der Waals surface area contributed by atoms with Crippen molar-refractivity contribution < 1.29 is 14.7 Å². The summed E-state index contributed by atoms with van der Waals surface area (Å²) in [7, 11) is 0.